The third kappa shape index (κ3) is 4.10. The lowest BCUT2D eigenvalue weighted by Gasteiger charge is -2.08. The van der Waals surface area contributed by atoms with Crippen molar-refractivity contribution in [3.05, 3.63) is 81.4 Å². The number of benzene rings is 3. The number of carbonyl (C=O) groups excluding carboxylic acids is 1. The van der Waals surface area contributed by atoms with Gasteiger partial charge in [-0.05, 0) is 70.0 Å². The van der Waals surface area contributed by atoms with E-state index in [1.54, 1.807) is 0 Å². The SMILES string of the molecule is O=C(NCCCc1cccc2ccccc12)c1cccc(I)c1. The Morgan fingerprint density at radius 1 is 0.957 bits per heavy atom. The van der Waals surface area contributed by atoms with E-state index < -0.39 is 0 Å². The highest BCUT2D eigenvalue weighted by Gasteiger charge is 2.05. The molecule has 0 atom stereocenters. The lowest BCUT2D eigenvalue weighted by molar-refractivity contribution is 0.0953. The summed E-state index contributed by atoms with van der Waals surface area (Å²) < 4.78 is 1.08. The van der Waals surface area contributed by atoms with Gasteiger partial charge in [-0.15, -0.1) is 0 Å². The molecule has 3 heteroatoms. The van der Waals surface area contributed by atoms with Crippen LogP contribution in [0.2, 0.25) is 0 Å². The second kappa shape index (κ2) is 7.59. The number of rotatable bonds is 5. The summed E-state index contributed by atoms with van der Waals surface area (Å²) in [7, 11) is 0. The van der Waals surface area contributed by atoms with E-state index in [0.717, 1.165) is 22.0 Å². The molecule has 2 nitrogen and oxygen atoms in total. The molecule has 23 heavy (non-hydrogen) atoms. The number of nitrogens with one attached hydrogen (secondary N) is 1. The Morgan fingerprint density at radius 3 is 2.61 bits per heavy atom. The van der Waals surface area contributed by atoms with Crippen molar-refractivity contribution in [3.63, 3.8) is 0 Å². The number of amides is 1. The molecule has 0 aliphatic rings. The molecule has 1 N–H and O–H groups in total. The van der Waals surface area contributed by atoms with Crippen LogP contribution in [0.25, 0.3) is 10.8 Å². The van der Waals surface area contributed by atoms with E-state index in [0.29, 0.717) is 6.54 Å². The summed E-state index contributed by atoms with van der Waals surface area (Å²) in [5.41, 5.74) is 2.06. The quantitative estimate of drug-likeness (QED) is 0.471. The maximum atomic E-state index is 12.1. The van der Waals surface area contributed by atoms with Crippen molar-refractivity contribution in [2.75, 3.05) is 6.54 Å². The fraction of sp³-hybridized carbons (Fsp3) is 0.150. The molecule has 0 saturated carbocycles. The van der Waals surface area contributed by atoms with E-state index in [2.05, 4.69) is 70.4 Å². The zero-order valence-electron chi connectivity index (χ0n) is 12.8. The molecule has 0 fully saturated rings. The molecule has 0 unspecified atom stereocenters. The van der Waals surface area contributed by atoms with Gasteiger partial charge in [0.05, 0.1) is 0 Å². The van der Waals surface area contributed by atoms with Gasteiger partial charge in [0.2, 0.25) is 0 Å². The van der Waals surface area contributed by atoms with Crippen LogP contribution < -0.4 is 5.32 Å². The first-order valence-electron chi connectivity index (χ1n) is 7.74. The minimum Gasteiger partial charge on any atom is -0.352 e. The summed E-state index contributed by atoms with van der Waals surface area (Å²) in [5, 5.41) is 5.58. The maximum Gasteiger partial charge on any atom is 0.251 e. The lowest BCUT2D eigenvalue weighted by Crippen LogP contribution is -2.24. The number of halogens is 1. The monoisotopic (exact) mass is 415 g/mol. The predicted octanol–water partition coefficient (Wildman–Crippen LogP) is 4.81. The Hall–Kier alpha value is -1.88. The van der Waals surface area contributed by atoms with Crippen LogP contribution in [0.4, 0.5) is 0 Å². The Morgan fingerprint density at radius 2 is 1.74 bits per heavy atom. The molecule has 0 saturated heterocycles. The van der Waals surface area contributed by atoms with E-state index in [9.17, 15) is 4.79 Å². The lowest BCUT2D eigenvalue weighted by atomic mass is 10.0. The average Bonchev–Trinajstić information content (AvgIpc) is 2.58. The zero-order chi connectivity index (χ0) is 16.1. The third-order valence-corrected chi connectivity index (χ3v) is 4.55. The molecule has 0 heterocycles. The Labute approximate surface area is 150 Å². The summed E-state index contributed by atoms with van der Waals surface area (Å²) in [5.74, 6) is 0.00133. The van der Waals surface area contributed by atoms with Crippen LogP contribution in [-0.4, -0.2) is 12.5 Å². The van der Waals surface area contributed by atoms with Gasteiger partial charge in [0.25, 0.3) is 5.91 Å². The van der Waals surface area contributed by atoms with E-state index in [4.69, 9.17) is 0 Å². The van der Waals surface area contributed by atoms with Gasteiger partial charge < -0.3 is 5.32 Å². The second-order valence-corrected chi connectivity index (χ2v) is 6.75. The van der Waals surface area contributed by atoms with Gasteiger partial charge in [-0.25, -0.2) is 0 Å². The number of hydrogen-bond donors (Lipinski definition) is 1. The summed E-state index contributed by atoms with van der Waals surface area (Å²) >= 11 is 2.22. The van der Waals surface area contributed by atoms with Crippen molar-refractivity contribution in [2.24, 2.45) is 0 Å². The molecule has 0 aliphatic carbocycles. The van der Waals surface area contributed by atoms with Crippen LogP contribution in [-0.2, 0) is 6.42 Å². The first kappa shape index (κ1) is 16.0. The molecule has 3 aromatic rings. The van der Waals surface area contributed by atoms with Crippen LogP contribution in [0.15, 0.2) is 66.7 Å². The smallest absolute Gasteiger partial charge is 0.251 e. The van der Waals surface area contributed by atoms with Crippen molar-refractivity contribution in [3.8, 4) is 0 Å². The molecule has 1 amide bonds. The van der Waals surface area contributed by atoms with Gasteiger partial charge >= 0.3 is 0 Å². The van der Waals surface area contributed by atoms with E-state index in [1.165, 1.54) is 16.3 Å². The Balaban J connectivity index is 1.56. The molecule has 116 valence electrons. The van der Waals surface area contributed by atoms with Crippen LogP contribution in [0.5, 0.6) is 0 Å². The minimum atomic E-state index is 0.00133. The summed E-state index contributed by atoms with van der Waals surface area (Å²) in [6.45, 7) is 0.688. The van der Waals surface area contributed by atoms with Gasteiger partial charge in [0.15, 0.2) is 0 Å². The van der Waals surface area contributed by atoms with Crippen LogP contribution >= 0.6 is 22.6 Å². The van der Waals surface area contributed by atoms with Gasteiger partial charge in [-0.1, -0.05) is 48.5 Å². The summed E-state index contributed by atoms with van der Waals surface area (Å²) in [6.07, 6.45) is 1.90. The molecular weight excluding hydrogens is 397 g/mol. The zero-order valence-corrected chi connectivity index (χ0v) is 14.9. The fourth-order valence-corrected chi connectivity index (χ4v) is 3.27. The van der Waals surface area contributed by atoms with Crippen LogP contribution in [0, 0.1) is 3.57 Å². The highest BCUT2D eigenvalue weighted by Crippen LogP contribution is 2.19. The normalized spacial score (nSPS) is 10.7. The number of carbonyl (C=O) groups is 1. The molecule has 0 aromatic heterocycles. The van der Waals surface area contributed by atoms with Gasteiger partial charge in [-0.2, -0.15) is 0 Å². The van der Waals surface area contributed by atoms with Gasteiger partial charge in [-0.3, -0.25) is 4.79 Å². The Kier molecular flexibility index (Phi) is 5.28. The van der Waals surface area contributed by atoms with E-state index in [1.807, 2.05) is 24.3 Å². The number of aryl methyl sites for hydroxylation is 1. The predicted molar refractivity (Wildman–Crippen MR) is 104 cm³/mol. The molecule has 0 spiro atoms. The molecule has 0 radical (unpaired) electrons. The van der Waals surface area contributed by atoms with Crippen LogP contribution in [0.1, 0.15) is 22.3 Å². The van der Waals surface area contributed by atoms with Crippen molar-refractivity contribution in [1.29, 1.82) is 0 Å². The third-order valence-electron chi connectivity index (χ3n) is 3.88. The molecule has 3 rings (SSSR count). The van der Waals surface area contributed by atoms with Crippen molar-refractivity contribution in [1.82, 2.24) is 5.32 Å². The molecule has 0 aliphatic heterocycles. The van der Waals surface area contributed by atoms with E-state index in [-0.39, 0.29) is 5.91 Å². The van der Waals surface area contributed by atoms with E-state index >= 15 is 0 Å². The van der Waals surface area contributed by atoms with Crippen molar-refractivity contribution < 1.29 is 4.79 Å². The standard InChI is InChI=1S/C20H18INO/c21-18-11-4-9-17(14-18)20(23)22-13-5-10-16-8-3-7-15-6-1-2-12-19(15)16/h1-4,6-9,11-12,14H,5,10,13H2,(H,22,23). The second-order valence-electron chi connectivity index (χ2n) is 5.51. The van der Waals surface area contributed by atoms with Crippen LogP contribution in [0.3, 0.4) is 0 Å². The fourth-order valence-electron chi connectivity index (χ4n) is 2.72. The molecular formula is C20H18INO. The highest BCUT2D eigenvalue weighted by atomic mass is 127. The maximum absolute atomic E-state index is 12.1. The van der Waals surface area contributed by atoms with Gasteiger partial charge in [0.1, 0.15) is 0 Å². The first-order valence-corrected chi connectivity index (χ1v) is 8.82. The number of hydrogen-bond acceptors (Lipinski definition) is 1. The van der Waals surface area contributed by atoms with Crippen molar-refractivity contribution >= 4 is 39.3 Å². The van der Waals surface area contributed by atoms with Gasteiger partial charge in [0, 0.05) is 15.7 Å². The first-order chi connectivity index (χ1) is 11.2. The summed E-state index contributed by atoms with van der Waals surface area (Å²) in [6, 6.07) is 22.5. The summed E-state index contributed by atoms with van der Waals surface area (Å²) in [4.78, 5) is 12.1. The average molecular weight is 415 g/mol. The highest BCUT2D eigenvalue weighted by molar-refractivity contribution is 14.1. The Bertz CT molecular complexity index is 823. The topological polar surface area (TPSA) is 29.1 Å². The number of fused-ring (bicyclic) bond motifs is 1. The largest absolute Gasteiger partial charge is 0.352 e. The van der Waals surface area contributed by atoms with Crippen molar-refractivity contribution in [2.45, 2.75) is 12.8 Å². The minimum absolute atomic E-state index is 0.00133. The molecule has 3 aromatic carbocycles. The molecule has 0 bridgehead atoms.